The molecule has 1 atom stereocenters. The van der Waals surface area contributed by atoms with Gasteiger partial charge in [0.1, 0.15) is 12.7 Å². The fourth-order valence-electron chi connectivity index (χ4n) is 4.15. The van der Waals surface area contributed by atoms with Crippen LogP contribution in [0.4, 0.5) is 0 Å². The van der Waals surface area contributed by atoms with Crippen LogP contribution in [-0.4, -0.2) is 35.5 Å². The zero-order chi connectivity index (χ0) is 28.6. The van der Waals surface area contributed by atoms with Gasteiger partial charge in [-0.2, -0.15) is 0 Å². The Morgan fingerprint density at radius 3 is 1.75 bits per heavy atom. The molecule has 0 heterocycles. The molecule has 0 aromatic heterocycles. The second kappa shape index (κ2) is 17.0. The molecule has 0 spiro atoms. The standard InChI is InChI=1S/C36H40O4/c1-3-5-7-9-28-11-15-30(16-12-28)19-20-32-22-24-33(35(25-32)36(39)40-27-34(38)26-37)23-21-31-17-13-29(14-18-31)10-8-6-4-2/h11-18,22,24-25,34,37-38H,3-10,26-27H2,1-2H3. The largest absolute Gasteiger partial charge is 0.459 e. The van der Waals surface area contributed by atoms with E-state index >= 15 is 0 Å². The molecule has 0 amide bonds. The number of carbonyl (C=O) groups is 1. The van der Waals surface area contributed by atoms with Gasteiger partial charge < -0.3 is 14.9 Å². The van der Waals surface area contributed by atoms with E-state index in [1.54, 1.807) is 12.1 Å². The van der Waals surface area contributed by atoms with Crippen LogP contribution in [0, 0.1) is 23.7 Å². The van der Waals surface area contributed by atoms with Crippen molar-refractivity contribution in [2.45, 2.75) is 71.3 Å². The van der Waals surface area contributed by atoms with Gasteiger partial charge in [-0.1, -0.05) is 87.5 Å². The molecule has 0 fully saturated rings. The first-order valence-corrected chi connectivity index (χ1v) is 14.3. The second-order valence-electron chi connectivity index (χ2n) is 10.0. The molecule has 0 aliphatic carbocycles. The SMILES string of the molecule is CCCCCc1ccc(C#Cc2ccc(C#Cc3ccc(CCCCC)cc3)c(C(=O)OCC(O)CO)c2)cc1. The third kappa shape index (κ3) is 10.4. The fourth-order valence-corrected chi connectivity index (χ4v) is 4.15. The zero-order valence-electron chi connectivity index (χ0n) is 23.7. The highest BCUT2D eigenvalue weighted by molar-refractivity contribution is 5.93. The van der Waals surface area contributed by atoms with E-state index in [0.717, 1.165) is 24.0 Å². The minimum atomic E-state index is -1.14. The lowest BCUT2D eigenvalue weighted by Gasteiger charge is -2.10. The molecule has 4 nitrogen and oxygen atoms in total. The summed E-state index contributed by atoms with van der Waals surface area (Å²) in [5.74, 6) is 11.9. The van der Waals surface area contributed by atoms with Crippen molar-refractivity contribution in [2.75, 3.05) is 13.2 Å². The van der Waals surface area contributed by atoms with E-state index in [9.17, 15) is 9.90 Å². The van der Waals surface area contributed by atoms with Crippen molar-refractivity contribution < 1.29 is 19.7 Å². The lowest BCUT2D eigenvalue weighted by molar-refractivity contribution is 0.00930. The Balaban J connectivity index is 1.80. The number of aryl methyl sites for hydroxylation is 2. The smallest absolute Gasteiger partial charge is 0.339 e. The predicted octanol–water partition coefficient (Wildman–Crippen LogP) is 6.46. The summed E-state index contributed by atoms with van der Waals surface area (Å²) in [4.78, 5) is 12.9. The van der Waals surface area contributed by atoms with Gasteiger partial charge in [-0.15, -0.1) is 0 Å². The van der Waals surface area contributed by atoms with Crippen LogP contribution in [0.1, 0.15) is 96.1 Å². The summed E-state index contributed by atoms with van der Waals surface area (Å²) in [5, 5.41) is 18.7. The Morgan fingerprint density at radius 1 is 0.725 bits per heavy atom. The van der Waals surface area contributed by atoms with Crippen molar-refractivity contribution in [3.8, 4) is 23.7 Å². The van der Waals surface area contributed by atoms with E-state index < -0.39 is 18.7 Å². The number of aliphatic hydroxyl groups is 2. The molecule has 0 radical (unpaired) electrons. The molecular formula is C36H40O4. The van der Waals surface area contributed by atoms with Gasteiger partial charge in [-0.3, -0.25) is 0 Å². The first-order valence-electron chi connectivity index (χ1n) is 14.3. The summed E-state index contributed by atoms with van der Waals surface area (Å²) in [7, 11) is 0. The number of hydrogen-bond acceptors (Lipinski definition) is 4. The Hall–Kier alpha value is -3.83. The molecule has 3 aromatic carbocycles. The number of unbranched alkanes of at least 4 members (excludes halogenated alkanes) is 4. The molecule has 0 aliphatic rings. The topological polar surface area (TPSA) is 66.8 Å². The quantitative estimate of drug-likeness (QED) is 0.158. The van der Waals surface area contributed by atoms with Crippen LogP contribution >= 0.6 is 0 Å². The van der Waals surface area contributed by atoms with E-state index in [1.807, 2.05) is 30.3 Å². The molecular weight excluding hydrogens is 496 g/mol. The van der Waals surface area contributed by atoms with Crippen molar-refractivity contribution in [3.05, 3.63) is 106 Å². The summed E-state index contributed by atoms with van der Waals surface area (Å²) in [6, 6.07) is 21.7. The molecule has 40 heavy (non-hydrogen) atoms. The van der Waals surface area contributed by atoms with E-state index in [4.69, 9.17) is 9.84 Å². The highest BCUT2D eigenvalue weighted by Gasteiger charge is 2.15. The van der Waals surface area contributed by atoms with Gasteiger partial charge in [0.2, 0.25) is 0 Å². The van der Waals surface area contributed by atoms with Gasteiger partial charge in [0.05, 0.1) is 12.2 Å². The van der Waals surface area contributed by atoms with Crippen LogP contribution in [0.5, 0.6) is 0 Å². The minimum Gasteiger partial charge on any atom is -0.459 e. The maximum Gasteiger partial charge on any atom is 0.339 e. The van der Waals surface area contributed by atoms with Gasteiger partial charge in [-0.05, 0) is 79.3 Å². The van der Waals surface area contributed by atoms with Crippen molar-refractivity contribution in [1.82, 2.24) is 0 Å². The highest BCUT2D eigenvalue weighted by Crippen LogP contribution is 2.15. The number of ether oxygens (including phenoxy) is 1. The zero-order valence-corrected chi connectivity index (χ0v) is 23.7. The maximum absolute atomic E-state index is 12.9. The van der Waals surface area contributed by atoms with Crippen molar-refractivity contribution >= 4 is 5.97 Å². The molecule has 1 unspecified atom stereocenters. The number of benzene rings is 3. The minimum absolute atomic E-state index is 0.270. The molecule has 4 heteroatoms. The summed E-state index contributed by atoms with van der Waals surface area (Å²) in [5.41, 5.74) is 5.80. The second-order valence-corrected chi connectivity index (χ2v) is 10.0. The first kappa shape index (κ1) is 30.7. The molecule has 2 N–H and O–H groups in total. The van der Waals surface area contributed by atoms with Crippen LogP contribution in [0.25, 0.3) is 0 Å². The van der Waals surface area contributed by atoms with Gasteiger partial charge in [-0.25, -0.2) is 4.79 Å². The maximum atomic E-state index is 12.9. The van der Waals surface area contributed by atoms with Gasteiger partial charge in [0, 0.05) is 22.3 Å². The van der Waals surface area contributed by atoms with E-state index in [2.05, 4.69) is 61.8 Å². The average Bonchev–Trinajstić information content (AvgIpc) is 2.99. The fraction of sp³-hybridized carbons (Fsp3) is 0.361. The van der Waals surface area contributed by atoms with Crippen molar-refractivity contribution in [2.24, 2.45) is 0 Å². The van der Waals surface area contributed by atoms with Crippen LogP contribution in [0.2, 0.25) is 0 Å². The van der Waals surface area contributed by atoms with Gasteiger partial charge in [0.15, 0.2) is 0 Å². The van der Waals surface area contributed by atoms with Crippen LogP contribution in [0.3, 0.4) is 0 Å². The summed E-state index contributed by atoms with van der Waals surface area (Å²) in [6.07, 6.45) is 8.22. The summed E-state index contributed by atoms with van der Waals surface area (Å²) in [6.45, 7) is 3.61. The molecule has 208 valence electrons. The third-order valence-electron chi connectivity index (χ3n) is 6.60. The average molecular weight is 537 g/mol. The van der Waals surface area contributed by atoms with E-state index in [1.165, 1.54) is 49.7 Å². The molecule has 0 saturated carbocycles. The number of esters is 1. The van der Waals surface area contributed by atoms with E-state index in [-0.39, 0.29) is 12.2 Å². The first-order chi connectivity index (χ1) is 19.5. The molecule has 0 saturated heterocycles. The molecule has 3 rings (SSSR count). The number of aliphatic hydroxyl groups excluding tert-OH is 2. The Labute approximate surface area is 239 Å². The Kier molecular flexibility index (Phi) is 13.0. The Morgan fingerprint density at radius 2 is 1.23 bits per heavy atom. The Bertz CT molecular complexity index is 1330. The summed E-state index contributed by atoms with van der Waals surface area (Å²) < 4.78 is 5.24. The van der Waals surface area contributed by atoms with Crippen molar-refractivity contribution in [3.63, 3.8) is 0 Å². The molecule has 0 bridgehead atoms. The van der Waals surface area contributed by atoms with Crippen LogP contribution in [0.15, 0.2) is 66.7 Å². The van der Waals surface area contributed by atoms with Gasteiger partial charge in [0.25, 0.3) is 0 Å². The lowest BCUT2D eigenvalue weighted by Crippen LogP contribution is -2.22. The molecule has 3 aromatic rings. The van der Waals surface area contributed by atoms with Gasteiger partial charge >= 0.3 is 5.97 Å². The normalized spacial score (nSPS) is 11.1. The van der Waals surface area contributed by atoms with Crippen molar-refractivity contribution in [1.29, 1.82) is 0 Å². The lowest BCUT2D eigenvalue weighted by atomic mass is 10.0. The van der Waals surface area contributed by atoms with E-state index in [0.29, 0.717) is 11.1 Å². The number of carbonyl (C=O) groups excluding carboxylic acids is 1. The number of rotatable bonds is 12. The monoisotopic (exact) mass is 536 g/mol. The van der Waals surface area contributed by atoms with Crippen LogP contribution < -0.4 is 0 Å². The van der Waals surface area contributed by atoms with Crippen LogP contribution in [-0.2, 0) is 17.6 Å². The summed E-state index contributed by atoms with van der Waals surface area (Å²) >= 11 is 0. The number of hydrogen-bond donors (Lipinski definition) is 2. The highest BCUT2D eigenvalue weighted by atomic mass is 16.5. The predicted molar refractivity (Wildman–Crippen MR) is 161 cm³/mol. The molecule has 0 aliphatic heterocycles. The third-order valence-corrected chi connectivity index (χ3v) is 6.60.